The lowest BCUT2D eigenvalue weighted by molar-refractivity contribution is -0.132. The van der Waals surface area contributed by atoms with Gasteiger partial charge in [0, 0.05) is 35.3 Å². The molecule has 0 aromatic heterocycles. The zero-order valence-electron chi connectivity index (χ0n) is 22.4. The van der Waals surface area contributed by atoms with Crippen LogP contribution in [-0.2, 0) is 17.9 Å². The maximum atomic E-state index is 14.2. The van der Waals surface area contributed by atoms with Crippen LogP contribution in [0.25, 0.3) is 11.1 Å². The van der Waals surface area contributed by atoms with Crippen molar-refractivity contribution in [3.63, 3.8) is 0 Å². The van der Waals surface area contributed by atoms with E-state index in [4.69, 9.17) is 0 Å². The van der Waals surface area contributed by atoms with Gasteiger partial charge in [-0.05, 0) is 97.4 Å². The third-order valence-corrected chi connectivity index (χ3v) is 9.63. The molecule has 40 heavy (non-hydrogen) atoms. The van der Waals surface area contributed by atoms with Gasteiger partial charge >= 0.3 is 0 Å². The highest BCUT2D eigenvalue weighted by atomic mass is 19.1. The second kappa shape index (κ2) is 9.51. The van der Waals surface area contributed by atoms with E-state index in [1.807, 2.05) is 0 Å². The van der Waals surface area contributed by atoms with Gasteiger partial charge in [0.2, 0.25) is 5.91 Å². The Labute approximate surface area is 233 Å². The van der Waals surface area contributed by atoms with E-state index in [2.05, 4.69) is 10.6 Å². The van der Waals surface area contributed by atoms with Crippen molar-refractivity contribution in [1.29, 1.82) is 0 Å². The van der Waals surface area contributed by atoms with Gasteiger partial charge in [-0.3, -0.25) is 9.59 Å². The number of carbonyl (C=O) groups excluding carboxylic acids is 2. The van der Waals surface area contributed by atoms with Gasteiger partial charge in [-0.25, -0.2) is 8.78 Å². The molecule has 1 aliphatic heterocycles. The minimum atomic E-state index is -0.289. The van der Waals surface area contributed by atoms with Crippen LogP contribution in [0.15, 0.2) is 66.7 Å². The Morgan fingerprint density at radius 1 is 0.850 bits per heavy atom. The lowest BCUT2D eigenvalue weighted by Gasteiger charge is -2.62. The summed E-state index contributed by atoms with van der Waals surface area (Å²) in [6, 6.07) is 18.5. The topological polar surface area (TPSA) is 61.4 Å². The number of nitrogens with one attached hydrogen (secondary N) is 2. The molecule has 2 amide bonds. The van der Waals surface area contributed by atoms with Gasteiger partial charge in [0.1, 0.15) is 11.6 Å². The number of nitrogens with zero attached hydrogens (tertiary/aromatic N) is 1. The quantitative estimate of drug-likeness (QED) is 0.428. The molecule has 5 nitrogen and oxygen atoms in total. The maximum Gasteiger partial charge on any atom is 0.251 e. The summed E-state index contributed by atoms with van der Waals surface area (Å²) in [5.74, 6) is 0.412. The van der Waals surface area contributed by atoms with Crippen molar-refractivity contribution < 1.29 is 18.4 Å². The number of fused-ring (bicyclic) bond motifs is 1. The summed E-state index contributed by atoms with van der Waals surface area (Å²) in [6.07, 6.45) is 5.97. The zero-order chi connectivity index (χ0) is 27.5. The largest absolute Gasteiger partial charge is 0.347 e. The first kappa shape index (κ1) is 25.4. The number of rotatable bonds is 6. The van der Waals surface area contributed by atoms with Crippen molar-refractivity contribution in [3.8, 4) is 11.1 Å². The van der Waals surface area contributed by atoms with Crippen LogP contribution < -0.4 is 10.6 Å². The summed E-state index contributed by atoms with van der Waals surface area (Å²) in [6.45, 7) is 1.21. The summed E-state index contributed by atoms with van der Waals surface area (Å²) in [5.41, 5.74) is 3.26. The molecule has 4 atom stereocenters. The molecule has 5 aliphatic rings. The molecule has 2 unspecified atom stereocenters. The van der Waals surface area contributed by atoms with Crippen molar-refractivity contribution in [2.45, 2.75) is 62.7 Å². The fourth-order valence-corrected chi connectivity index (χ4v) is 8.34. The van der Waals surface area contributed by atoms with Crippen LogP contribution in [0, 0.1) is 23.5 Å². The van der Waals surface area contributed by atoms with Crippen molar-refractivity contribution in [2.75, 3.05) is 6.54 Å². The minimum Gasteiger partial charge on any atom is -0.347 e. The highest BCUT2D eigenvalue weighted by Gasteiger charge is 2.58. The van der Waals surface area contributed by atoms with E-state index in [0.717, 1.165) is 48.8 Å². The molecule has 0 saturated heterocycles. The van der Waals surface area contributed by atoms with Gasteiger partial charge in [0.25, 0.3) is 5.91 Å². The van der Waals surface area contributed by atoms with Crippen molar-refractivity contribution in [1.82, 2.24) is 15.5 Å². The Kier molecular flexibility index (Phi) is 6.04. The molecule has 4 bridgehead atoms. The molecule has 8 rings (SSSR count). The first-order chi connectivity index (χ1) is 19.3. The fraction of sp³-hybridized carbons (Fsp3) is 0.394. The van der Waals surface area contributed by atoms with Gasteiger partial charge in [-0.15, -0.1) is 0 Å². The second-order valence-corrected chi connectivity index (χ2v) is 12.5. The average molecular weight is 542 g/mol. The van der Waals surface area contributed by atoms with Gasteiger partial charge in [-0.1, -0.05) is 36.4 Å². The average Bonchev–Trinajstić information content (AvgIpc) is 3.35. The van der Waals surface area contributed by atoms with E-state index in [9.17, 15) is 18.4 Å². The monoisotopic (exact) mass is 541 g/mol. The van der Waals surface area contributed by atoms with E-state index in [1.54, 1.807) is 53.4 Å². The molecule has 4 fully saturated rings. The highest BCUT2D eigenvalue weighted by Crippen LogP contribution is 2.57. The number of halogens is 2. The number of benzene rings is 3. The van der Waals surface area contributed by atoms with Crippen molar-refractivity contribution in [2.24, 2.45) is 11.8 Å². The van der Waals surface area contributed by atoms with Crippen LogP contribution in [0.3, 0.4) is 0 Å². The third-order valence-electron chi connectivity index (χ3n) is 9.63. The molecular weight excluding hydrogens is 508 g/mol. The lowest BCUT2D eigenvalue weighted by atomic mass is 9.50. The third kappa shape index (κ3) is 4.60. The molecule has 0 spiro atoms. The van der Waals surface area contributed by atoms with Crippen LogP contribution in [0.4, 0.5) is 8.78 Å². The first-order valence-corrected chi connectivity index (χ1v) is 14.3. The summed E-state index contributed by atoms with van der Waals surface area (Å²) < 4.78 is 27.9. The second-order valence-electron chi connectivity index (χ2n) is 12.5. The summed E-state index contributed by atoms with van der Waals surface area (Å²) in [7, 11) is 0. The standard InChI is InChI=1S/C33H33F2N3O2/c34-27-10-9-25-18-38(19-26(25)12-27)30(39)17-36-32-13-21-11-22(14-32)16-33(15-21,20-32)37-31(40)24-7-5-23(6-8-24)28-3-1-2-4-29(28)35/h1-10,12,21-22,36H,11,13-20H2,(H,37,40)/t21-,22+,32?,33?. The molecule has 206 valence electrons. The Bertz CT molecular complexity index is 1470. The molecular formula is C33H33F2N3O2. The SMILES string of the molecule is O=C(NC12C[C@@H]3C[C@@H](CC(NCC(=O)N4Cc5ccc(F)cc5C4)(C3)C1)C2)c1ccc(-c2ccccc2F)cc1. The van der Waals surface area contributed by atoms with Crippen molar-refractivity contribution in [3.05, 3.63) is 95.1 Å². The predicted octanol–water partition coefficient (Wildman–Crippen LogP) is 5.59. The predicted molar refractivity (Wildman–Crippen MR) is 148 cm³/mol. The Morgan fingerprint density at radius 3 is 2.30 bits per heavy atom. The summed E-state index contributed by atoms with van der Waals surface area (Å²) in [5, 5.41) is 7.07. The van der Waals surface area contributed by atoms with Crippen LogP contribution in [0.5, 0.6) is 0 Å². The van der Waals surface area contributed by atoms with Crippen LogP contribution in [0.2, 0.25) is 0 Å². The lowest BCUT2D eigenvalue weighted by Crippen LogP contribution is -2.69. The smallest absolute Gasteiger partial charge is 0.251 e. The van der Waals surface area contributed by atoms with Gasteiger partial charge < -0.3 is 15.5 Å². The molecule has 1 heterocycles. The normalized spacial score (nSPS) is 28.0. The molecule has 4 saturated carbocycles. The van der Waals surface area contributed by atoms with Crippen LogP contribution >= 0.6 is 0 Å². The molecule has 2 N–H and O–H groups in total. The maximum absolute atomic E-state index is 14.2. The number of hydrogen-bond donors (Lipinski definition) is 2. The first-order valence-electron chi connectivity index (χ1n) is 14.3. The van der Waals surface area contributed by atoms with Crippen molar-refractivity contribution >= 4 is 11.8 Å². The van der Waals surface area contributed by atoms with E-state index < -0.39 is 0 Å². The summed E-state index contributed by atoms with van der Waals surface area (Å²) >= 11 is 0. The van der Waals surface area contributed by atoms with E-state index in [0.29, 0.717) is 36.1 Å². The van der Waals surface area contributed by atoms with E-state index in [1.165, 1.54) is 24.6 Å². The zero-order valence-corrected chi connectivity index (χ0v) is 22.4. The number of hydrogen-bond acceptors (Lipinski definition) is 3. The van der Waals surface area contributed by atoms with E-state index >= 15 is 0 Å². The van der Waals surface area contributed by atoms with E-state index in [-0.39, 0.29) is 41.1 Å². The number of amides is 2. The highest BCUT2D eigenvalue weighted by molar-refractivity contribution is 5.95. The van der Waals surface area contributed by atoms with Crippen LogP contribution in [0.1, 0.15) is 60.0 Å². The van der Waals surface area contributed by atoms with Gasteiger partial charge in [-0.2, -0.15) is 0 Å². The molecule has 3 aromatic rings. The molecule has 3 aromatic carbocycles. The summed E-state index contributed by atoms with van der Waals surface area (Å²) in [4.78, 5) is 28.4. The van der Waals surface area contributed by atoms with Crippen LogP contribution in [-0.4, -0.2) is 34.3 Å². The number of carbonyl (C=O) groups is 2. The van der Waals surface area contributed by atoms with Gasteiger partial charge in [0.05, 0.1) is 6.54 Å². The Hall–Kier alpha value is -3.58. The minimum absolute atomic E-state index is 0.0281. The Morgan fingerprint density at radius 2 is 1.55 bits per heavy atom. The molecule has 7 heteroatoms. The fourth-order valence-electron chi connectivity index (χ4n) is 8.34. The van der Waals surface area contributed by atoms with Gasteiger partial charge in [0.15, 0.2) is 0 Å². The molecule has 4 aliphatic carbocycles. The molecule has 0 radical (unpaired) electrons. The Balaban J connectivity index is 1.02.